The topological polar surface area (TPSA) is 131 Å². The number of aliphatic carboxylic acids is 1. The van der Waals surface area contributed by atoms with Gasteiger partial charge in [-0.2, -0.15) is 22.0 Å². The van der Waals surface area contributed by atoms with E-state index >= 15 is 0 Å². The Morgan fingerprint density at radius 3 is 2.36 bits per heavy atom. The van der Waals surface area contributed by atoms with E-state index in [0.29, 0.717) is 24.3 Å². The summed E-state index contributed by atoms with van der Waals surface area (Å²) < 4.78 is 126. The van der Waals surface area contributed by atoms with Crippen LogP contribution in [0.1, 0.15) is 36.8 Å². The van der Waals surface area contributed by atoms with Gasteiger partial charge in [-0.1, -0.05) is 24.3 Å². The van der Waals surface area contributed by atoms with Crippen LogP contribution in [0.4, 0.5) is 32.0 Å². The van der Waals surface area contributed by atoms with Crippen LogP contribution in [-0.4, -0.2) is 57.8 Å². The lowest BCUT2D eigenvalue weighted by Gasteiger charge is -2.47. The van der Waals surface area contributed by atoms with Gasteiger partial charge in [0.2, 0.25) is 5.91 Å². The number of carbonyl (C=O) groups is 2. The van der Waals surface area contributed by atoms with Crippen LogP contribution in [0.5, 0.6) is 17.2 Å². The Balaban J connectivity index is 1.26. The molecule has 0 radical (unpaired) electrons. The van der Waals surface area contributed by atoms with Crippen molar-refractivity contribution in [2.45, 2.75) is 61.9 Å². The van der Waals surface area contributed by atoms with E-state index in [1.165, 1.54) is 25.3 Å². The molecule has 0 spiro atoms. The summed E-state index contributed by atoms with van der Waals surface area (Å²) >= 11 is 0. The highest BCUT2D eigenvalue weighted by Gasteiger charge is 2.53. The number of nitrogens with zero attached hydrogens (tertiary/aromatic N) is 1. The molecule has 0 aromatic heterocycles. The number of ether oxygens (including phenoxy) is 3. The summed E-state index contributed by atoms with van der Waals surface area (Å²) in [6, 6.07) is 16.5. The lowest BCUT2D eigenvalue weighted by atomic mass is 9.62. The van der Waals surface area contributed by atoms with Crippen molar-refractivity contribution in [3.05, 3.63) is 102 Å². The summed E-state index contributed by atoms with van der Waals surface area (Å²) in [7, 11) is -3.26. The average Bonchev–Trinajstić information content (AvgIpc) is 3.11. The number of alkyl halides is 5. The highest BCUT2D eigenvalue weighted by Crippen LogP contribution is 2.49. The number of carboxylic acid groups (broad SMARTS) is 1. The molecule has 1 fully saturated rings. The molecule has 0 saturated heterocycles. The number of hydrogen-bond acceptors (Lipinski definition) is 7. The molecule has 10 nitrogen and oxygen atoms in total. The summed E-state index contributed by atoms with van der Waals surface area (Å²) in [4.78, 5) is 24.7. The van der Waals surface area contributed by atoms with Crippen molar-refractivity contribution in [3.8, 4) is 28.4 Å². The van der Waals surface area contributed by atoms with Gasteiger partial charge in [0.05, 0.1) is 35.2 Å². The number of sulfonamides is 1. The predicted molar refractivity (Wildman–Crippen MR) is 186 cm³/mol. The quantitative estimate of drug-likeness (QED) is 0.134. The second kappa shape index (κ2) is 15.4. The van der Waals surface area contributed by atoms with Crippen molar-refractivity contribution in [3.63, 3.8) is 0 Å². The maximum atomic E-state index is 14.4. The van der Waals surface area contributed by atoms with Gasteiger partial charge in [-0.3, -0.25) is 13.9 Å². The number of anilines is 1. The minimum atomic E-state index is -4.88. The van der Waals surface area contributed by atoms with Gasteiger partial charge < -0.3 is 24.6 Å². The van der Waals surface area contributed by atoms with Crippen molar-refractivity contribution in [1.29, 1.82) is 0 Å². The van der Waals surface area contributed by atoms with Crippen LogP contribution < -0.4 is 23.8 Å². The van der Waals surface area contributed by atoms with Crippen molar-refractivity contribution in [1.82, 2.24) is 5.32 Å². The molecule has 17 heteroatoms. The van der Waals surface area contributed by atoms with Crippen LogP contribution in [0.2, 0.25) is 0 Å². The third kappa shape index (κ3) is 8.77. The van der Waals surface area contributed by atoms with Gasteiger partial charge in [-0.15, -0.1) is 0 Å². The first-order valence-corrected chi connectivity index (χ1v) is 18.3. The molecule has 1 atom stereocenters. The fraction of sp³-hybridized carbons (Fsp3) is 0.316. The third-order valence-electron chi connectivity index (χ3n) is 9.58. The van der Waals surface area contributed by atoms with Crippen molar-refractivity contribution in [2.24, 2.45) is 5.41 Å². The molecular weight excluding hydrogens is 758 g/mol. The minimum Gasteiger partial charge on any atom is -0.497 e. The monoisotopic (exact) mass is 792 g/mol. The van der Waals surface area contributed by atoms with Crippen LogP contribution in [0.15, 0.2) is 89.8 Å². The minimum absolute atomic E-state index is 0.00519. The molecule has 1 amide bonds. The molecule has 1 aliphatic carbocycles. The van der Waals surface area contributed by atoms with E-state index < -0.39 is 74.9 Å². The molecule has 0 unspecified atom stereocenters. The largest absolute Gasteiger partial charge is 0.497 e. The first kappa shape index (κ1) is 39.2. The number of hydrogen-bond donors (Lipinski definition) is 2. The first-order valence-electron chi connectivity index (χ1n) is 16.9. The number of amides is 1. The van der Waals surface area contributed by atoms with Gasteiger partial charge in [0.1, 0.15) is 29.2 Å². The smallest absolute Gasteiger partial charge is 0.416 e. The lowest BCUT2D eigenvalue weighted by molar-refractivity contribution is -0.160. The van der Waals surface area contributed by atoms with Crippen LogP contribution in [0.25, 0.3) is 11.1 Å². The number of benzene rings is 4. The fourth-order valence-corrected chi connectivity index (χ4v) is 8.43. The molecule has 1 heterocycles. The summed E-state index contributed by atoms with van der Waals surface area (Å²) in [5.74, 6) is -2.37. The summed E-state index contributed by atoms with van der Waals surface area (Å²) in [5, 5.41) is 13.2. The molecule has 1 aliphatic heterocycles. The van der Waals surface area contributed by atoms with Crippen molar-refractivity contribution >= 4 is 27.6 Å². The third-order valence-corrected chi connectivity index (χ3v) is 11.4. The number of rotatable bonds is 13. The number of methoxy groups -OCH3 is 1. The van der Waals surface area contributed by atoms with Gasteiger partial charge in [0, 0.05) is 24.9 Å². The SMILES string of the molecule is COc1ccc(CCC(=O)NC2CC(C[C@H]3CN(S(=O)(=O)c4cccc(C(F)(F)F)c4)c4cc(-c5cc(F)cc(OC(F)F)c5)ccc4O3)(C(=O)O)C2)cc1. The molecule has 4 aromatic rings. The molecule has 55 heavy (non-hydrogen) atoms. The van der Waals surface area contributed by atoms with Gasteiger partial charge in [-0.25, -0.2) is 12.8 Å². The summed E-state index contributed by atoms with van der Waals surface area (Å²) in [5.41, 5.74) is -1.81. The summed E-state index contributed by atoms with van der Waals surface area (Å²) in [6.07, 6.45) is -5.64. The van der Waals surface area contributed by atoms with Crippen LogP contribution >= 0.6 is 0 Å². The van der Waals surface area contributed by atoms with Crippen molar-refractivity contribution < 1.29 is 63.7 Å². The number of fused-ring (bicyclic) bond motifs is 1. The van der Waals surface area contributed by atoms with Crippen LogP contribution in [0, 0.1) is 11.2 Å². The normalized spacial score (nSPS) is 19.5. The van der Waals surface area contributed by atoms with E-state index in [9.17, 15) is 49.5 Å². The van der Waals surface area contributed by atoms with E-state index in [1.54, 1.807) is 12.1 Å². The molecule has 2 N–H and O–H groups in total. The number of nitrogens with one attached hydrogen (secondary N) is 1. The van der Waals surface area contributed by atoms with Gasteiger partial charge in [0.15, 0.2) is 0 Å². The molecule has 0 bridgehead atoms. The van der Waals surface area contributed by atoms with Crippen LogP contribution in [0.3, 0.4) is 0 Å². The van der Waals surface area contributed by atoms with E-state index in [1.807, 2.05) is 12.1 Å². The Labute approximate surface area is 311 Å². The fourth-order valence-electron chi connectivity index (χ4n) is 6.89. The maximum Gasteiger partial charge on any atom is 0.416 e. The highest BCUT2D eigenvalue weighted by atomic mass is 32.2. The molecule has 6 rings (SSSR count). The molecule has 2 aliphatic rings. The molecule has 1 saturated carbocycles. The molecule has 292 valence electrons. The lowest BCUT2D eigenvalue weighted by Crippen LogP contribution is -2.57. The Kier molecular flexibility index (Phi) is 11.0. The highest BCUT2D eigenvalue weighted by molar-refractivity contribution is 7.92. The molecule has 4 aromatic carbocycles. The first-order chi connectivity index (χ1) is 26.0. The molecular formula is C38H34F6N2O8S. The number of carbonyl (C=O) groups excluding carboxylic acids is 1. The standard InChI is InChI=1S/C38H34F6N2O8S/c1-52-28-9-5-22(6-10-28)7-12-34(47)45-27-18-37(19-27,35(48)49)20-30-21-46(55(50,51)31-4-2-3-25(16-31)38(42,43)44)32-15-23(8-11-33(32)53-30)24-13-26(39)17-29(14-24)54-36(40)41/h2-6,8-11,13-17,27,30,36H,7,12,18-21H2,1H3,(H,45,47)(H,48,49)/t27?,30-,37?/m0/s1. The van der Waals surface area contributed by atoms with E-state index in [-0.39, 0.29) is 54.2 Å². The van der Waals surface area contributed by atoms with Gasteiger partial charge in [-0.05, 0) is 90.6 Å². The van der Waals surface area contributed by atoms with E-state index in [2.05, 4.69) is 10.1 Å². The maximum absolute atomic E-state index is 14.4. The van der Waals surface area contributed by atoms with E-state index in [0.717, 1.165) is 40.2 Å². The van der Waals surface area contributed by atoms with Crippen molar-refractivity contribution in [2.75, 3.05) is 18.0 Å². The zero-order chi connectivity index (χ0) is 39.7. The number of carboxylic acids is 1. The zero-order valence-electron chi connectivity index (χ0n) is 29.0. The average molecular weight is 793 g/mol. The second-order valence-corrected chi connectivity index (χ2v) is 15.2. The van der Waals surface area contributed by atoms with E-state index in [4.69, 9.17) is 9.47 Å². The Bertz CT molecular complexity index is 2180. The summed E-state index contributed by atoms with van der Waals surface area (Å²) in [6.45, 7) is -3.80. The predicted octanol–water partition coefficient (Wildman–Crippen LogP) is 7.45. The van der Waals surface area contributed by atoms with Crippen LogP contribution in [-0.2, 0) is 32.2 Å². The zero-order valence-corrected chi connectivity index (χ0v) is 29.8. The van der Waals surface area contributed by atoms with Gasteiger partial charge >= 0.3 is 18.8 Å². The Hall–Kier alpha value is -5.45. The number of aryl methyl sites for hydroxylation is 1. The Morgan fingerprint density at radius 1 is 0.982 bits per heavy atom. The number of halogens is 6. The Morgan fingerprint density at radius 2 is 1.71 bits per heavy atom. The van der Waals surface area contributed by atoms with Gasteiger partial charge in [0.25, 0.3) is 10.0 Å². The second-order valence-electron chi connectivity index (χ2n) is 13.3.